The number of amides is 1. The summed E-state index contributed by atoms with van der Waals surface area (Å²) < 4.78 is 13.0. The van der Waals surface area contributed by atoms with Gasteiger partial charge in [0.25, 0.3) is 0 Å². The first-order valence-corrected chi connectivity index (χ1v) is 7.58. The van der Waals surface area contributed by atoms with E-state index < -0.39 is 18.1 Å². The zero-order chi connectivity index (χ0) is 16.4. The Labute approximate surface area is 134 Å². The maximum absolute atomic E-state index is 13.0. The molecular weight excluding hydrogens is 295 g/mol. The van der Waals surface area contributed by atoms with Gasteiger partial charge in [0.1, 0.15) is 5.82 Å². The summed E-state index contributed by atoms with van der Waals surface area (Å²) >= 11 is 0. The van der Waals surface area contributed by atoms with Gasteiger partial charge in [-0.05, 0) is 35.2 Å². The molecule has 120 valence electrons. The largest absolute Gasteiger partial charge is 0.387 e. The van der Waals surface area contributed by atoms with Crippen molar-refractivity contribution >= 4 is 5.91 Å². The summed E-state index contributed by atoms with van der Waals surface area (Å²) in [6.07, 6.45) is -0.260. The lowest BCUT2D eigenvalue weighted by atomic mass is 9.93. The predicted octanol–water partition coefficient (Wildman–Crippen LogP) is 1.77. The van der Waals surface area contributed by atoms with Gasteiger partial charge < -0.3 is 10.8 Å². The van der Waals surface area contributed by atoms with E-state index in [1.54, 1.807) is 12.1 Å². The van der Waals surface area contributed by atoms with Gasteiger partial charge >= 0.3 is 0 Å². The van der Waals surface area contributed by atoms with Gasteiger partial charge in [-0.3, -0.25) is 9.69 Å². The lowest BCUT2D eigenvalue weighted by Crippen LogP contribution is -2.49. The molecule has 3 rings (SSSR count). The average Bonchev–Trinajstić information content (AvgIpc) is 2.54. The molecule has 1 amide bonds. The number of aliphatic hydroxyl groups is 1. The minimum atomic E-state index is -0.803. The molecule has 2 atom stereocenters. The Hall–Kier alpha value is -2.24. The number of carbonyl (C=O) groups excluding carboxylic acids is 1. The summed E-state index contributed by atoms with van der Waals surface area (Å²) in [5, 5.41) is 10.4. The number of nitrogens with zero attached hydrogens (tertiary/aromatic N) is 1. The summed E-state index contributed by atoms with van der Waals surface area (Å²) in [5.74, 6) is -0.742. The number of carbonyl (C=O) groups is 1. The van der Waals surface area contributed by atoms with Gasteiger partial charge in [-0.25, -0.2) is 4.39 Å². The lowest BCUT2D eigenvalue weighted by molar-refractivity contribution is -0.124. The smallest absolute Gasteiger partial charge is 0.235 e. The quantitative estimate of drug-likeness (QED) is 0.904. The molecule has 2 aromatic carbocycles. The minimum Gasteiger partial charge on any atom is -0.387 e. The Morgan fingerprint density at radius 2 is 1.87 bits per heavy atom. The third-order valence-corrected chi connectivity index (χ3v) is 4.34. The monoisotopic (exact) mass is 314 g/mol. The molecule has 1 aliphatic heterocycles. The van der Waals surface area contributed by atoms with E-state index in [1.165, 1.54) is 12.1 Å². The number of halogens is 1. The number of primary amides is 1. The van der Waals surface area contributed by atoms with Crippen LogP contribution in [-0.4, -0.2) is 28.5 Å². The fourth-order valence-electron chi connectivity index (χ4n) is 3.06. The normalized spacial score (nSPS) is 19.1. The molecule has 1 aliphatic rings. The summed E-state index contributed by atoms with van der Waals surface area (Å²) in [4.78, 5) is 13.7. The highest BCUT2D eigenvalue weighted by atomic mass is 19.1. The second-order valence-electron chi connectivity index (χ2n) is 5.89. The van der Waals surface area contributed by atoms with Crippen LogP contribution in [0.15, 0.2) is 48.5 Å². The minimum absolute atomic E-state index is 0.271. The third kappa shape index (κ3) is 3.41. The maximum atomic E-state index is 13.0. The van der Waals surface area contributed by atoms with Crippen LogP contribution in [0.4, 0.5) is 4.39 Å². The van der Waals surface area contributed by atoms with Crippen molar-refractivity contribution in [2.45, 2.75) is 25.1 Å². The summed E-state index contributed by atoms with van der Waals surface area (Å²) in [5.41, 5.74) is 8.41. The van der Waals surface area contributed by atoms with Crippen molar-refractivity contribution in [3.05, 3.63) is 71.0 Å². The molecular formula is C18H19FN2O2. The highest BCUT2D eigenvalue weighted by Gasteiger charge is 2.31. The van der Waals surface area contributed by atoms with Crippen molar-refractivity contribution in [1.29, 1.82) is 0 Å². The van der Waals surface area contributed by atoms with Crippen LogP contribution in [0.3, 0.4) is 0 Å². The summed E-state index contributed by atoms with van der Waals surface area (Å²) in [6.45, 7) is 0.829. The first-order valence-electron chi connectivity index (χ1n) is 7.58. The molecule has 0 saturated heterocycles. The molecule has 3 N–H and O–H groups in total. The molecule has 23 heavy (non-hydrogen) atoms. The van der Waals surface area contributed by atoms with Crippen LogP contribution >= 0.6 is 0 Å². The predicted molar refractivity (Wildman–Crippen MR) is 84.9 cm³/mol. The van der Waals surface area contributed by atoms with Crippen molar-refractivity contribution in [3.63, 3.8) is 0 Å². The van der Waals surface area contributed by atoms with Gasteiger partial charge in [0, 0.05) is 13.1 Å². The zero-order valence-corrected chi connectivity index (χ0v) is 12.7. The molecule has 2 aromatic rings. The van der Waals surface area contributed by atoms with E-state index in [2.05, 4.69) is 0 Å². The van der Waals surface area contributed by atoms with E-state index in [0.29, 0.717) is 18.5 Å². The number of rotatable bonds is 4. The lowest BCUT2D eigenvalue weighted by Gasteiger charge is -2.36. The number of aliphatic hydroxyl groups excluding tert-OH is 1. The maximum Gasteiger partial charge on any atom is 0.235 e. The number of fused-ring (bicyclic) bond motifs is 1. The molecule has 0 spiro atoms. The van der Waals surface area contributed by atoms with E-state index in [4.69, 9.17) is 5.73 Å². The van der Waals surface area contributed by atoms with E-state index >= 15 is 0 Å². The Morgan fingerprint density at radius 3 is 2.52 bits per heavy atom. The number of nitrogens with two attached hydrogens (primary N) is 1. The molecule has 0 saturated carbocycles. The first kappa shape index (κ1) is 15.6. The van der Waals surface area contributed by atoms with Crippen LogP contribution in [0, 0.1) is 5.82 Å². The van der Waals surface area contributed by atoms with E-state index in [9.17, 15) is 14.3 Å². The number of hydrogen-bond donors (Lipinski definition) is 2. The van der Waals surface area contributed by atoms with Crippen LogP contribution in [0.1, 0.15) is 22.8 Å². The van der Waals surface area contributed by atoms with Crippen LogP contribution in [0.2, 0.25) is 0 Å². The second-order valence-corrected chi connectivity index (χ2v) is 5.89. The van der Waals surface area contributed by atoms with Gasteiger partial charge in [0.15, 0.2) is 0 Å². The van der Waals surface area contributed by atoms with Gasteiger partial charge in [-0.15, -0.1) is 0 Å². The molecule has 4 nitrogen and oxygen atoms in total. The molecule has 0 fully saturated rings. The molecule has 0 aliphatic carbocycles. The van der Waals surface area contributed by atoms with Crippen molar-refractivity contribution in [3.8, 4) is 0 Å². The Bertz CT molecular complexity index is 702. The van der Waals surface area contributed by atoms with Crippen molar-refractivity contribution < 1.29 is 14.3 Å². The van der Waals surface area contributed by atoms with Crippen molar-refractivity contribution in [2.24, 2.45) is 5.73 Å². The summed E-state index contributed by atoms with van der Waals surface area (Å²) in [7, 11) is 0. The number of hydrogen-bond acceptors (Lipinski definition) is 3. The SMILES string of the molecule is NC(=O)[C@@H]1Cc2ccccc2CN1CC(O)c1ccc(F)cc1. The highest BCUT2D eigenvalue weighted by Crippen LogP contribution is 2.25. The second kappa shape index (κ2) is 6.48. The average molecular weight is 314 g/mol. The Kier molecular flexibility index (Phi) is 4.41. The van der Waals surface area contributed by atoms with E-state index in [1.807, 2.05) is 29.2 Å². The van der Waals surface area contributed by atoms with E-state index in [-0.39, 0.29) is 12.4 Å². The third-order valence-electron chi connectivity index (χ3n) is 4.34. The van der Waals surface area contributed by atoms with Crippen LogP contribution < -0.4 is 5.73 Å². The fraction of sp³-hybridized carbons (Fsp3) is 0.278. The Balaban J connectivity index is 1.79. The van der Waals surface area contributed by atoms with Gasteiger partial charge in [-0.2, -0.15) is 0 Å². The zero-order valence-electron chi connectivity index (χ0n) is 12.7. The van der Waals surface area contributed by atoms with Crippen LogP contribution in [-0.2, 0) is 17.8 Å². The van der Waals surface area contributed by atoms with Crippen LogP contribution in [0.25, 0.3) is 0 Å². The fourth-order valence-corrected chi connectivity index (χ4v) is 3.06. The van der Waals surface area contributed by atoms with Gasteiger partial charge in [-0.1, -0.05) is 36.4 Å². The first-order chi connectivity index (χ1) is 11.0. The van der Waals surface area contributed by atoms with Crippen molar-refractivity contribution in [1.82, 2.24) is 4.90 Å². The number of benzene rings is 2. The standard InChI is InChI=1S/C18H19FN2O2/c19-15-7-5-12(6-8-15)17(22)11-21-10-14-4-2-1-3-13(14)9-16(21)18(20)23/h1-8,16-17,22H,9-11H2,(H2,20,23)/t16-,17?/m0/s1. The molecule has 1 heterocycles. The summed E-state index contributed by atoms with van der Waals surface area (Å²) in [6, 6.07) is 13.2. The molecule has 0 bridgehead atoms. The molecule has 1 unspecified atom stereocenters. The molecule has 5 heteroatoms. The molecule has 0 radical (unpaired) electrons. The van der Waals surface area contributed by atoms with Gasteiger partial charge in [0.2, 0.25) is 5.91 Å². The van der Waals surface area contributed by atoms with Crippen molar-refractivity contribution in [2.75, 3.05) is 6.54 Å². The number of β-amino-alcohol motifs (C(OH)–C–C–N with tert-alkyl or cyclic N) is 1. The Morgan fingerprint density at radius 1 is 1.22 bits per heavy atom. The molecule has 0 aromatic heterocycles. The topological polar surface area (TPSA) is 66.6 Å². The van der Waals surface area contributed by atoms with E-state index in [0.717, 1.165) is 11.1 Å². The highest BCUT2D eigenvalue weighted by molar-refractivity contribution is 5.80. The van der Waals surface area contributed by atoms with Crippen LogP contribution in [0.5, 0.6) is 0 Å². The van der Waals surface area contributed by atoms with Gasteiger partial charge in [0.05, 0.1) is 12.1 Å².